The number of hydrogen-bond acceptors (Lipinski definition) is 3. The Hall–Kier alpha value is -2.60. The second-order valence-corrected chi connectivity index (χ2v) is 7.91. The molecule has 1 amide bonds. The van der Waals surface area contributed by atoms with E-state index in [1.54, 1.807) is 30.3 Å². The molecule has 1 aliphatic rings. The highest BCUT2D eigenvalue weighted by atomic mass is 32.1. The lowest BCUT2D eigenvalue weighted by atomic mass is 9.89. The molecule has 0 spiro atoms. The Morgan fingerprint density at radius 3 is 2.81 bits per heavy atom. The van der Waals surface area contributed by atoms with Gasteiger partial charge in [-0.05, 0) is 64.9 Å². The van der Waals surface area contributed by atoms with E-state index in [1.807, 2.05) is 6.20 Å². The van der Waals surface area contributed by atoms with Crippen molar-refractivity contribution in [2.45, 2.75) is 18.4 Å². The van der Waals surface area contributed by atoms with Crippen molar-refractivity contribution in [3.63, 3.8) is 0 Å². The van der Waals surface area contributed by atoms with Gasteiger partial charge in [0.25, 0.3) is 5.91 Å². The third-order valence-corrected chi connectivity index (χ3v) is 6.10. The van der Waals surface area contributed by atoms with Gasteiger partial charge in [-0.1, -0.05) is 6.07 Å². The number of benzene rings is 1. The molecular formula is C20H22N4OS. The van der Waals surface area contributed by atoms with E-state index in [2.05, 4.69) is 45.7 Å². The van der Waals surface area contributed by atoms with Gasteiger partial charge in [-0.3, -0.25) is 9.79 Å². The first-order chi connectivity index (χ1) is 12.6. The summed E-state index contributed by atoms with van der Waals surface area (Å²) in [5, 5.41) is 3.28. The van der Waals surface area contributed by atoms with E-state index in [4.69, 9.17) is 5.73 Å². The van der Waals surface area contributed by atoms with Crippen molar-refractivity contribution < 1.29 is 4.79 Å². The molecule has 6 heteroatoms. The molecule has 2 heterocycles. The van der Waals surface area contributed by atoms with Crippen LogP contribution in [0.4, 0.5) is 0 Å². The molecule has 134 valence electrons. The van der Waals surface area contributed by atoms with Gasteiger partial charge in [0, 0.05) is 30.7 Å². The molecule has 1 atom stereocenters. The SMILES string of the molecule is CN(C)C(=O)C(N=CN)(c1cc(-c2ccc3[nH]ccc3c2)cs1)C1CC1. The monoisotopic (exact) mass is 366 g/mol. The number of carbonyl (C=O) groups is 1. The minimum absolute atomic E-state index is 0.00353. The van der Waals surface area contributed by atoms with Crippen molar-refractivity contribution >= 4 is 34.5 Å². The van der Waals surface area contributed by atoms with Crippen LogP contribution in [0.2, 0.25) is 0 Å². The number of thiophene rings is 1. The van der Waals surface area contributed by atoms with Crippen molar-refractivity contribution in [1.82, 2.24) is 9.88 Å². The summed E-state index contributed by atoms with van der Waals surface area (Å²) in [6.07, 6.45) is 5.22. The fourth-order valence-electron chi connectivity index (χ4n) is 3.59. The van der Waals surface area contributed by atoms with Crippen LogP contribution in [0, 0.1) is 5.92 Å². The lowest BCUT2D eigenvalue weighted by Crippen LogP contribution is -2.44. The summed E-state index contributed by atoms with van der Waals surface area (Å²) in [6.45, 7) is 0. The number of hydrogen-bond donors (Lipinski definition) is 2. The third-order valence-electron chi connectivity index (χ3n) is 5.04. The van der Waals surface area contributed by atoms with E-state index in [0.717, 1.165) is 34.4 Å². The molecule has 3 aromatic rings. The number of aromatic nitrogens is 1. The van der Waals surface area contributed by atoms with Gasteiger partial charge in [0.2, 0.25) is 0 Å². The maximum absolute atomic E-state index is 13.1. The smallest absolute Gasteiger partial charge is 0.255 e. The Morgan fingerprint density at radius 1 is 1.31 bits per heavy atom. The number of carbonyl (C=O) groups excluding carboxylic acids is 1. The van der Waals surface area contributed by atoms with Crippen molar-refractivity contribution in [1.29, 1.82) is 0 Å². The molecular weight excluding hydrogens is 344 g/mol. The number of rotatable bonds is 5. The highest BCUT2D eigenvalue weighted by molar-refractivity contribution is 7.10. The molecule has 1 aromatic carbocycles. The summed E-state index contributed by atoms with van der Waals surface area (Å²) < 4.78 is 0. The van der Waals surface area contributed by atoms with Crippen LogP contribution < -0.4 is 5.73 Å². The van der Waals surface area contributed by atoms with Gasteiger partial charge in [-0.15, -0.1) is 11.3 Å². The molecule has 1 saturated carbocycles. The van der Waals surface area contributed by atoms with Gasteiger partial charge in [0.05, 0.1) is 6.34 Å². The number of H-pyrrole nitrogens is 1. The predicted octanol–water partition coefficient (Wildman–Crippen LogP) is 3.58. The number of nitrogens with zero attached hydrogens (tertiary/aromatic N) is 2. The van der Waals surface area contributed by atoms with Gasteiger partial charge in [0.15, 0.2) is 5.54 Å². The molecule has 26 heavy (non-hydrogen) atoms. The van der Waals surface area contributed by atoms with Gasteiger partial charge >= 0.3 is 0 Å². The molecule has 0 saturated heterocycles. The van der Waals surface area contributed by atoms with Crippen molar-refractivity contribution in [3.05, 3.63) is 46.8 Å². The van der Waals surface area contributed by atoms with Crippen LogP contribution in [0.3, 0.4) is 0 Å². The summed E-state index contributed by atoms with van der Waals surface area (Å²) in [6, 6.07) is 10.5. The fraction of sp³-hybridized carbons (Fsp3) is 0.300. The maximum atomic E-state index is 13.1. The van der Waals surface area contributed by atoms with E-state index in [-0.39, 0.29) is 11.8 Å². The molecule has 1 aliphatic carbocycles. The van der Waals surface area contributed by atoms with Crippen LogP contribution in [0.25, 0.3) is 22.0 Å². The molecule has 3 N–H and O–H groups in total. The largest absolute Gasteiger partial charge is 0.390 e. The first-order valence-corrected chi connectivity index (χ1v) is 9.58. The molecule has 1 fully saturated rings. The average Bonchev–Trinajstić information content (AvgIpc) is 3.18. The van der Waals surface area contributed by atoms with E-state index in [9.17, 15) is 4.79 Å². The number of aliphatic imine (C=N–C) groups is 1. The number of amides is 1. The summed E-state index contributed by atoms with van der Waals surface area (Å²) >= 11 is 1.59. The van der Waals surface area contributed by atoms with Crippen LogP contribution in [-0.4, -0.2) is 36.2 Å². The second kappa shape index (κ2) is 6.29. The van der Waals surface area contributed by atoms with Gasteiger partial charge in [-0.25, -0.2) is 0 Å². The lowest BCUT2D eigenvalue weighted by Gasteiger charge is -2.30. The number of aromatic amines is 1. The molecule has 0 aliphatic heterocycles. The Balaban J connectivity index is 1.79. The van der Waals surface area contributed by atoms with Crippen molar-refractivity contribution in [3.8, 4) is 11.1 Å². The Bertz CT molecular complexity index is 983. The summed E-state index contributed by atoms with van der Waals surface area (Å²) in [5.41, 5.74) is 8.14. The Morgan fingerprint density at radius 2 is 2.12 bits per heavy atom. The minimum atomic E-state index is -0.890. The van der Waals surface area contributed by atoms with E-state index < -0.39 is 5.54 Å². The number of likely N-dealkylation sites (N-methyl/N-ethyl adjacent to an activating group) is 1. The number of nitrogens with one attached hydrogen (secondary N) is 1. The van der Waals surface area contributed by atoms with E-state index in [0.29, 0.717) is 0 Å². The third kappa shape index (κ3) is 2.61. The van der Waals surface area contributed by atoms with E-state index in [1.165, 1.54) is 11.7 Å². The van der Waals surface area contributed by atoms with Crippen LogP contribution in [0.15, 0.2) is 46.9 Å². The molecule has 0 radical (unpaired) electrons. The highest BCUT2D eigenvalue weighted by Crippen LogP contribution is 2.51. The maximum Gasteiger partial charge on any atom is 0.255 e. The molecule has 4 rings (SSSR count). The number of fused-ring (bicyclic) bond motifs is 1. The van der Waals surface area contributed by atoms with Crippen LogP contribution in [0.5, 0.6) is 0 Å². The molecule has 2 aromatic heterocycles. The predicted molar refractivity (Wildman–Crippen MR) is 107 cm³/mol. The molecule has 0 bridgehead atoms. The van der Waals surface area contributed by atoms with Crippen molar-refractivity contribution in [2.75, 3.05) is 14.1 Å². The van der Waals surface area contributed by atoms with Crippen LogP contribution in [0.1, 0.15) is 17.7 Å². The molecule has 5 nitrogen and oxygen atoms in total. The van der Waals surface area contributed by atoms with Crippen molar-refractivity contribution in [2.24, 2.45) is 16.6 Å². The zero-order valence-corrected chi connectivity index (χ0v) is 15.7. The first-order valence-electron chi connectivity index (χ1n) is 8.70. The normalized spacial score (nSPS) is 16.8. The van der Waals surface area contributed by atoms with Gasteiger partial charge in [0.1, 0.15) is 0 Å². The lowest BCUT2D eigenvalue weighted by molar-refractivity contribution is -0.135. The van der Waals surface area contributed by atoms with Crippen LogP contribution >= 0.6 is 11.3 Å². The summed E-state index contributed by atoms with van der Waals surface area (Å²) in [4.78, 5) is 23.4. The summed E-state index contributed by atoms with van der Waals surface area (Å²) in [7, 11) is 3.56. The zero-order valence-electron chi connectivity index (χ0n) is 14.9. The second-order valence-electron chi connectivity index (χ2n) is 7.00. The van der Waals surface area contributed by atoms with Crippen LogP contribution in [-0.2, 0) is 10.3 Å². The van der Waals surface area contributed by atoms with E-state index >= 15 is 0 Å². The standard InChI is InChI=1S/C20H22N4OS/c1-24(2)19(25)20(23-12-21,16-4-5-16)18-10-15(11-26-18)13-3-6-17-14(9-13)7-8-22-17/h3,6-12,16,22H,4-5H2,1-2H3,(H2,21,23). The molecule has 1 unspecified atom stereocenters. The fourth-order valence-corrected chi connectivity index (χ4v) is 4.72. The number of nitrogens with two attached hydrogens (primary N) is 1. The highest BCUT2D eigenvalue weighted by Gasteiger charge is 2.53. The first kappa shape index (κ1) is 16.8. The quantitative estimate of drug-likeness (QED) is 0.535. The topological polar surface area (TPSA) is 74.5 Å². The van der Waals surface area contributed by atoms with Gasteiger partial charge < -0.3 is 15.6 Å². The van der Waals surface area contributed by atoms with Gasteiger partial charge in [-0.2, -0.15) is 0 Å². The Labute approximate surface area is 156 Å². The zero-order chi connectivity index (χ0) is 18.3. The minimum Gasteiger partial charge on any atom is -0.390 e. The average molecular weight is 366 g/mol. The Kier molecular flexibility index (Phi) is 4.07. The summed E-state index contributed by atoms with van der Waals surface area (Å²) in [5.74, 6) is 0.215.